The standard InChI is InChI=1S/C20H13N2S.C12H10N.Ir/c1-21-13-22(17-10-4-3-9-16(17)21)18-11-6-8-15-14-7-2-5-12-19(14)23-20(15)18;1-10-7-8-12(13-9-10)11-5-3-2-4-6-11;/h2-10,12H,1H3;2-5,7-9H,1H3;/q+1;-1;. The molecule has 7 rings (SSSR count). The van der Waals surface area contributed by atoms with Crippen LogP contribution in [0.2, 0.25) is 0 Å². The third-order valence-corrected chi connectivity index (χ3v) is 7.37. The molecule has 0 atom stereocenters. The van der Waals surface area contributed by atoms with Crippen LogP contribution in [-0.4, -0.2) is 22.6 Å². The number of hydrogen-bond acceptors (Lipinski definition) is 2. The molecule has 0 unspecified atom stereocenters. The van der Waals surface area contributed by atoms with Crippen LogP contribution in [-0.2, 0) is 20.1 Å². The van der Waals surface area contributed by atoms with E-state index in [0.717, 1.165) is 22.6 Å². The molecule has 0 spiro atoms. The summed E-state index contributed by atoms with van der Waals surface area (Å²) in [6.07, 6.45) is 1.87. The Balaban J connectivity index is 0.000000172. The van der Waals surface area contributed by atoms with E-state index in [1.54, 1.807) is 0 Å². The van der Waals surface area contributed by atoms with Gasteiger partial charge in [0.25, 0.3) is 11.4 Å². The number of hydrogen-bond donors (Lipinski definition) is 0. The van der Waals surface area contributed by atoms with Gasteiger partial charge in [0.1, 0.15) is 5.69 Å². The van der Waals surface area contributed by atoms with Crippen LogP contribution in [0, 0.1) is 19.1 Å². The van der Waals surface area contributed by atoms with Gasteiger partial charge in [0.2, 0.25) is 0 Å². The summed E-state index contributed by atoms with van der Waals surface area (Å²) in [4.78, 5) is 4.32. The van der Waals surface area contributed by atoms with Crippen molar-refractivity contribution in [3.05, 3.63) is 121 Å². The van der Waals surface area contributed by atoms with Crippen molar-refractivity contribution >= 4 is 54.6 Å². The maximum absolute atomic E-state index is 4.32. The van der Waals surface area contributed by atoms with Gasteiger partial charge in [-0.2, -0.15) is 23.5 Å². The van der Waals surface area contributed by atoms with E-state index in [4.69, 9.17) is 0 Å². The van der Waals surface area contributed by atoms with Crippen LogP contribution in [0.4, 0.5) is 17.1 Å². The van der Waals surface area contributed by atoms with Crippen molar-refractivity contribution < 1.29 is 24.7 Å². The number of benzene rings is 4. The molecule has 0 N–H and O–H groups in total. The Morgan fingerprint density at radius 1 is 0.784 bits per heavy atom. The van der Waals surface area contributed by atoms with Gasteiger partial charge < -0.3 is 4.98 Å². The molecule has 6 aromatic rings. The Kier molecular flexibility index (Phi) is 7.23. The predicted molar refractivity (Wildman–Crippen MR) is 150 cm³/mol. The summed E-state index contributed by atoms with van der Waals surface area (Å²) in [5, 5.41) is 2.59. The zero-order chi connectivity index (χ0) is 24.5. The summed E-state index contributed by atoms with van der Waals surface area (Å²) in [5.74, 6) is 0. The maximum atomic E-state index is 4.32. The third kappa shape index (κ3) is 4.83. The van der Waals surface area contributed by atoms with E-state index in [-0.39, 0.29) is 20.1 Å². The minimum absolute atomic E-state index is 0. The van der Waals surface area contributed by atoms with Gasteiger partial charge in [0, 0.05) is 43.1 Å². The number of aromatic nitrogens is 1. The second-order valence-electron chi connectivity index (χ2n) is 8.65. The van der Waals surface area contributed by atoms with Crippen molar-refractivity contribution in [2.45, 2.75) is 6.92 Å². The fraction of sp³-hybridized carbons (Fsp3) is 0.0625. The first-order valence-corrected chi connectivity index (χ1v) is 12.6. The van der Waals surface area contributed by atoms with Crippen LogP contribution in [0.1, 0.15) is 5.56 Å². The molecule has 4 aromatic carbocycles. The molecule has 0 saturated heterocycles. The van der Waals surface area contributed by atoms with E-state index in [2.05, 4.69) is 88.4 Å². The fourth-order valence-electron chi connectivity index (χ4n) is 4.39. The summed E-state index contributed by atoms with van der Waals surface area (Å²) in [6, 6.07) is 43.0. The van der Waals surface area contributed by atoms with Gasteiger partial charge in [-0.15, -0.1) is 47.3 Å². The normalized spacial score (nSPS) is 11.7. The number of fused-ring (bicyclic) bond motifs is 4. The molecule has 0 bridgehead atoms. The molecule has 5 heteroatoms. The minimum atomic E-state index is 0. The summed E-state index contributed by atoms with van der Waals surface area (Å²) < 4.78 is 6.72. The number of rotatable bonds is 2. The van der Waals surface area contributed by atoms with E-state index in [1.165, 1.54) is 31.4 Å². The Hall–Kier alpha value is -3.72. The predicted octanol–water partition coefficient (Wildman–Crippen LogP) is 8.01. The van der Waals surface area contributed by atoms with Gasteiger partial charge in [-0.1, -0.05) is 51.6 Å². The minimum Gasteiger partial charge on any atom is -0.304 e. The molecule has 0 aliphatic carbocycles. The first-order valence-electron chi connectivity index (χ1n) is 11.8. The molecule has 181 valence electrons. The fourth-order valence-corrected chi connectivity index (χ4v) is 5.58. The Morgan fingerprint density at radius 3 is 2.35 bits per heavy atom. The molecule has 0 fully saturated rings. The Bertz CT molecular complexity index is 1780. The van der Waals surface area contributed by atoms with Gasteiger partial charge in [0.15, 0.2) is 7.05 Å². The first-order chi connectivity index (χ1) is 17.7. The van der Waals surface area contributed by atoms with Gasteiger partial charge >= 0.3 is 6.01 Å². The molecular weight excluding hydrogens is 651 g/mol. The monoisotopic (exact) mass is 674 g/mol. The van der Waals surface area contributed by atoms with Gasteiger partial charge in [0.05, 0.1) is 0 Å². The summed E-state index contributed by atoms with van der Waals surface area (Å²) >= 11 is 1.82. The molecule has 0 amide bonds. The van der Waals surface area contributed by atoms with Crippen LogP contribution < -0.4 is 4.58 Å². The Labute approximate surface area is 234 Å². The maximum Gasteiger partial charge on any atom is 0.494 e. The van der Waals surface area contributed by atoms with Crippen LogP contribution in [0.25, 0.3) is 31.4 Å². The van der Waals surface area contributed by atoms with Crippen molar-refractivity contribution in [1.29, 1.82) is 0 Å². The smallest absolute Gasteiger partial charge is 0.304 e. The Morgan fingerprint density at radius 2 is 1.57 bits per heavy atom. The molecule has 2 aromatic heterocycles. The average molecular weight is 674 g/mol. The van der Waals surface area contributed by atoms with Gasteiger partial charge in [-0.05, 0) is 34.3 Å². The van der Waals surface area contributed by atoms with Crippen LogP contribution >= 0.6 is 11.3 Å². The van der Waals surface area contributed by atoms with Crippen molar-refractivity contribution in [3.63, 3.8) is 0 Å². The summed E-state index contributed by atoms with van der Waals surface area (Å²) in [7, 11) is 2.03. The third-order valence-electron chi connectivity index (χ3n) is 6.17. The molecule has 1 aliphatic heterocycles. The van der Waals surface area contributed by atoms with E-state index in [0.29, 0.717) is 0 Å². The van der Waals surface area contributed by atoms with Crippen molar-refractivity contribution in [3.8, 4) is 11.3 Å². The van der Waals surface area contributed by atoms with Crippen LogP contribution in [0.3, 0.4) is 0 Å². The molecule has 1 radical (unpaired) electrons. The van der Waals surface area contributed by atoms with Crippen molar-refractivity contribution in [2.24, 2.45) is 0 Å². The molecule has 1 aliphatic rings. The summed E-state index contributed by atoms with van der Waals surface area (Å²) in [6.45, 7) is 2.03. The number of para-hydroxylation sites is 2. The van der Waals surface area contributed by atoms with Gasteiger partial charge in [-0.25, -0.2) is 0 Å². The number of thiophene rings is 1. The van der Waals surface area contributed by atoms with E-state index >= 15 is 0 Å². The van der Waals surface area contributed by atoms with Crippen LogP contribution in [0.15, 0.2) is 103 Å². The van der Waals surface area contributed by atoms with E-state index in [9.17, 15) is 0 Å². The zero-order valence-corrected chi connectivity index (χ0v) is 23.6. The molecule has 3 nitrogen and oxygen atoms in total. The first kappa shape index (κ1) is 25.0. The number of pyridine rings is 1. The molecule has 0 saturated carbocycles. The number of aryl methyl sites for hydroxylation is 1. The SMILES string of the molecule is C[N+]1=C=[N+](c2[c-]ccc3c2sc2ccccc23)c2ccccc21.Cc1ccc(-c2[c-]cccc2)nc1.[Ir]. The average Bonchev–Trinajstić information content (AvgIpc) is 3.48. The second kappa shape index (κ2) is 10.7. The molecular formula is C32H23IrN3S. The van der Waals surface area contributed by atoms with E-state index < -0.39 is 0 Å². The topological polar surface area (TPSA) is 18.9 Å². The second-order valence-corrected chi connectivity index (χ2v) is 9.70. The van der Waals surface area contributed by atoms with Crippen LogP contribution in [0.5, 0.6) is 0 Å². The quantitative estimate of drug-likeness (QED) is 0.135. The van der Waals surface area contributed by atoms with Crippen molar-refractivity contribution in [2.75, 3.05) is 7.05 Å². The van der Waals surface area contributed by atoms with E-state index in [1.807, 2.05) is 72.5 Å². The largest absolute Gasteiger partial charge is 0.494 e. The van der Waals surface area contributed by atoms with Crippen molar-refractivity contribution in [1.82, 2.24) is 9.56 Å². The van der Waals surface area contributed by atoms with Gasteiger partial charge in [-0.3, -0.25) is 0 Å². The zero-order valence-electron chi connectivity index (χ0n) is 20.4. The molecule has 37 heavy (non-hydrogen) atoms. The number of nitrogens with zero attached hydrogens (tertiary/aromatic N) is 3. The molecule has 3 heterocycles. The summed E-state index contributed by atoms with van der Waals surface area (Å²) in [5.41, 5.74) is 6.59.